The molecule has 1 unspecified atom stereocenters. The SMILES string of the molecule is Cc1nc(COc2ccc(C(=O)NC(C)c3ccc4c(c3)OCO4)cc2)cs1. The van der Waals surface area contributed by atoms with Crippen LogP contribution >= 0.6 is 11.3 Å². The van der Waals surface area contributed by atoms with Crippen molar-refractivity contribution in [1.82, 2.24) is 10.3 Å². The molecule has 2 aromatic carbocycles. The number of carbonyl (C=O) groups is 1. The minimum atomic E-state index is -0.161. The van der Waals surface area contributed by atoms with Crippen molar-refractivity contribution in [3.63, 3.8) is 0 Å². The number of nitrogens with one attached hydrogen (secondary N) is 1. The molecular formula is C21H20N2O4S. The lowest BCUT2D eigenvalue weighted by molar-refractivity contribution is 0.0939. The van der Waals surface area contributed by atoms with E-state index in [0.29, 0.717) is 23.7 Å². The van der Waals surface area contributed by atoms with E-state index < -0.39 is 0 Å². The molecule has 1 atom stereocenters. The van der Waals surface area contributed by atoms with Crippen LogP contribution in [-0.4, -0.2) is 17.7 Å². The fraction of sp³-hybridized carbons (Fsp3) is 0.238. The van der Waals surface area contributed by atoms with Gasteiger partial charge in [0.05, 0.1) is 16.7 Å². The second kappa shape index (κ2) is 7.90. The minimum Gasteiger partial charge on any atom is -0.487 e. The van der Waals surface area contributed by atoms with Crippen molar-refractivity contribution in [2.45, 2.75) is 26.5 Å². The Bertz CT molecular complexity index is 984. The molecular weight excluding hydrogens is 376 g/mol. The molecule has 0 fully saturated rings. The van der Waals surface area contributed by atoms with Gasteiger partial charge in [-0.3, -0.25) is 4.79 Å². The number of thiazole rings is 1. The molecule has 144 valence electrons. The van der Waals surface area contributed by atoms with Gasteiger partial charge < -0.3 is 19.5 Å². The van der Waals surface area contributed by atoms with E-state index in [1.165, 1.54) is 0 Å². The monoisotopic (exact) mass is 396 g/mol. The van der Waals surface area contributed by atoms with Crippen molar-refractivity contribution in [1.29, 1.82) is 0 Å². The van der Waals surface area contributed by atoms with Gasteiger partial charge in [0.15, 0.2) is 11.5 Å². The van der Waals surface area contributed by atoms with E-state index in [-0.39, 0.29) is 18.7 Å². The summed E-state index contributed by atoms with van der Waals surface area (Å²) in [6, 6.07) is 12.6. The Labute approximate surface area is 167 Å². The summed E-state index contributed by atoms with van der Waals surface area (Å²) in [4.78, 5) is 16.9. The second-order valence-corrected chi connectivity index (χ2v) is 7.54. The van der Waals surface area contributed by atoms with Gasteiger partial charge >= 0.3 is 0 Å². The number of ether oxygens (including phenoxy) is 3. The number of rotatable bonds is 6. The fourth-order valence-electron chi connectivity index (χ4n) is 2.88. The molecule has 0 saturated heterocycles. The molecule has 0 radical (unpaired) electrons. The Morgan fingerprint density at radius 3 is 2.75 bits per heavy atom. The van der Waals surface area contributed by atoms with Crippen LogP contribution in [0.5, 0.6) is 17.2 Å². The van der Waals surface area contributed by atoms with Crippen molar-refractivity contribution in [3.05, 3.63) is 69.7 Å². The van der Waals surface area contributed by atoms with Crippen molar-refractivity contribution in [2.75, 3.05) is 6.79 Å². The first-order valence-electron chi connectivity index (χ1n) is 8.93. The van der Waals surface area contributed by atoms with Crippen molar-refractivity contribution in [2.24, 2.45) is 0 Å². The highest BCUT2D eigenvalue weighted by molar-refractivity contribution is 7.09. The maximum atomic E-state index is 12.5. The number of fused-ring (bicyclic) bond motifs is 1. The van der Waals surface area contributed by atoms with E-state index in [0.717, 1.165) is 22.0 Å². The zero-order valence-corrected chi connectivity index (χ0v) is 16.4. The first-order chi connectivity index (χ1) is 13.6. The Morgan fingerprint density at radius 2 is 2.00 bits per heavy atom. The highest BCUT2D eigenvalue weighted by atomic mass is 32.1. The molecule has 6 nitrogen and oxygen atoms in total. The van der Waals surface area contributed by atoms with Gasteiger partial charge in [-0.25, -0.2) is 4.98 Å². The second-order valence-electron chi connectivity index (χ2n) is 6.48. The van der Waals surface area contributed by atoms with Gasteiger partial charge in [-0.05, 0) is 55.8 Å². The van der Waals surface area contributed by atoms with Crippen LogP contribution in [0.1, 0.15) is 39.6 Å². The number of aryl methyl sites for hydroxylation is 1. The van der Waals surface area contributed by atoms with Crippen LogP contribution in [-0.2, 0) is 6.61 Å². The lowest BCUT2D eigenvalue weighted by Gasteiger charge is -2.15. The van der Waals surface area contributed by atoms with Gasteiger partial charge in [0.2, 0.25) is 6.79 Å². The summed E-state index contributed by atoms with van der Waals surface area (Å²) in [5.74, 6) is 1.99. The van der Waals surface area contributed by atoms with Crippen molar-refractivity contribution >= 4 is 17.2 Å². The van der Waals surface area contributed by atoms with Crippen molar-refractivity contribution in [3.8, 4) is 17.2 Å². The number of nitrogens with zero attached hydrogens (tertiary/aromatic N) is 1. The molecule has 4 rings (SSSR count). The largest absolute Gasteiger partial charge is 0.487 e. The van der Waals surface area contributed by atoms with Gasteiger partial charge in [0, 0.05) is 10.9 Å². The summed E-state index contributed by atoms with van der Waals surface area (Å²) in [6.07, 6.45) is 0. The van der Waals surface area contributed by atoms with Crippen molar-refractivity contribution < 1.29 is 19.0 Å². The van der Waals surface area contributed by atoms with Gasteiger partial charge in [-0.1, -0.05) is 6.07 Å². The van der Waals surface area contributed by atoms with Gasteiger partial charge in [0.1, 0.15) is 12.4 Å². The Kier molecular flexibility index (Phi) is 5.16. The molecule has 0 spiro atoms. The maximum Gasteiger partial charge on any atom is 0.251 e. The summed E-state index contributed by atoms with van der Waals surface area (Å²) < 4.78 is 16.4. The van der Waals surface area contributed by atoms with Gasteiger partial charge in [-0.15, -0.1) is 11.3 Å². The number of carbonyl (C=O) groups excluding carboxylic acids is 1. The van der Waals surface area contributed by atoms with E-state index in [1.54, 1.807) is 35.6 Å². The number of hydrogen-bond donors (Lipinski definition) is 1. The fourth-order valence-corrected chi connectivity index (χ4v) is 3.48. The Hall–Kier alpha value is -3.06. The number of hydrogen-bond acceptors (Lipinski definition) is 6. The number of aromatic nitrogens is 1. The van der Waals surface area contributed by atoms with Crippen LogP contribution in [0.2, 0.25) is 0 Å². The molecule has 0 aliphatic carbocycles. The lowest BCUT2D eigenvalue weighted by atomic mass is 10.1. The van der Waals surface area contributed by atoms with Gasteiger partial charge in [0.25, 0.3) is 5.91 Å². The van der Waals surface area contributed by atoms with Crippen LogP contribution < -0.4 is 19.5 Å². The predicted octanol–water partition coefficient (Wildman–Crippen LogP) is 4.25. The summed E-state index contributed by atoms with van der Waals surface area (Å²) in [5, 5.41) is 6.00. The molecule has 1 aliphatic heterocycles. The summed E-state index contributed by atoms with van der Waals surface area (Å²) in [5.41, 5.74) is 2.43. The molecule has 3 aromatic rings. The highest BCUT2D eigenvalue weighted by Crippen LogP contribution is 2.34. The van der Waals surface area contributed by atoms with Crippen LogP contribution in [0, 0.1) is 6.92 Å². The molecule has 1 aromatic heterocycles. The zero-order chi connectivity index (χ0) is 19.5. The topological polar surface area (TPSA) is 69.7 Å². The number of amides is 1. The first kappa shape index (κ1) is 18.3. The zero-order valence-electron chi connectivity index (χ0n) is 15.6. The van der Waals surface area contributed by atoms with Crippen LogP contribution in [0.4, 0.5) is 0 Å². The molecule has 1 aliphatic rings. The van der Waals surface area contributed by atoms with E-state index in [4.69, 9.17) is 14.2 Å². The lowest BCUT2D eigenvalue weighted by Crippen LogP contribution is -2.26. The van der Waals surface area contributed by atoms with E-state index in [9.17, 15) is 4.79 Å². The van der Waals surface area contributed by atoms with Crippen LogP contribution in [0.3, 0.4) is 0 Å². The average Bonchev–Trinajstić information content (AvgIpc) is 3.34. The minimum absolute atomic E-state index is 0.146. The summed E-state index contributed by atoms with van der Waals surface area (Å²) in [6.45, 7) is 4.54. The molecule has 1 N–H and O–H groups in total. The van der Waals surface area contributed by atoms with Crippen LogP contribution in [0.25, 0.3) is 0 Å². The standard InChI is InChI=1S/C21H20N2O4S/c1-13(16-5-8-19-20(9-16)27-12-26-19)22-21(24)15-3-6-18(7-4-15)25-10-17-11-28-14(2)23-17/h3-9,11,13H,10,12H2,1-2H3,(H,22,24). The van der Waals surface area contributed by atoms with E-state index in [2.05, 4.69) is 10.3 Å². The van der Waals surface area contributed by atoms with E-state index in [1.807, 2.05) is 37.4 Å². The maximum absolute atomic E-state index is 12.5. The quantitative estimate of drug-likeness (QED) is 0.675. The third kappa shape index (κ3) is 4.09. The molecule has 0 saturated carbocycles. The van der Waals surface area contributed by atoms with Gasteiger partial charge in [-0.2, -0.15) is 0 Å². The smallest absolute Gasteiger partial charge is 0.251 e. The third-order valence-corrected chi connectivity index (χ3v) is 5.24. The Balaban J connectivity index is 1.35. The highest BCUT2D eigenvalue weighted by Gasteiger charge is 2.17. The molecule has 7 heteroatoms. The normalized spacial score (nSPS) is 13.2. The third-order valence-electron chi connectivity index (χ3n) is 4.41. The molecule has 1 amide bonds. The Morgan fingerprint density at radius 1 is 1.21 bits per heavy atom. The van der Waals surface area contributed by atoms with E-state index >= 15 is 0 Å². The summed E-state index contributed by atoms with van der Waals surface area (Å²) in [7, 11) is 0. The van der Waals surface area contributed by atoms with Crippen LogP contribution in [0.15, 0.2) is 47.8 Å². The first-order valence-corrected chi connectivity index (χ1v) is 9.81. The molecule has 2 heterocycles. The number of benzene rings is 2. The molecule has 0 bridgehead atoms. The molecule has 28 heavy (non-hydrogen) atoms. The predicted molar refractivity (Wildman–Crippen MR) is 106 cm³/mol. The summed E-state index contributed by atoms with van der Waals surface area (Å²) >= 11 is 1.60. The average molecular weight is 396 g/mol.